The van der Waals surface area contributed by atoms with E-state index in [-0.39, 0.29) is 10.9 Å². The maximum absolute atomic E-state index is 13.5. The van der Waals surface area contributed by atoms with Crippen molar-refractivity contribution in [2.24, 2.45) is 5.73 Å². The van der Waals surface area contributed by atoms with Gasteiger partial charge in [-0.1, -0.05) is 0 Å². The Morgan fingerprint density at radius 1 is 1.44 bits per heavy atom. The molecule has 1 unspecified atom stereocenters. The van der Waals surface area contributed by atoms with Crippen molar-refractivity contribution in [3.63, 3.8) is 0 Å². The Labute approximate surface area is 95.4 Å². The maximum Gasteiger partial charge on any atom is 0.175 e. The summed E-state index contributed by atoms with van der Waals surface area (Å²) in [6, 6.07) is 2.42. The van der Waals surface area contributed by atoms with E-state index in [4.69, 9.17) is 5.73 Å². The molecule has 0 spiro atoms. The molecule has 0 amide bonds. The Kier molecular flexibility index (Phi) is 3.70. The molecule has 16 heavy (non-hydrogen) atoms. The van der Waals surface area contributed by atoms with Crippen molar-refractivity contribution in [3.05, 3.63) is 29.1 Å². The average Bonchev–Trinajstić information content (AvgIpc) is 2.06. The second-order valence-electron chi connectivity index (χ2n) is 4.16. The lowest BCUT2D eigenvalue weighted by molar-refractivity contribution is 0.587. The van der Waals surface area contributed by atoms with E-state index in [1.54, 1.807) is 13.8 Å². The predicted molar refractivity (Wildman–Crippen MR) is 61.6 cm³/mol. The van der Waals surface area contributed by atoms with Crippen molar-refractivity contribution >= 4 is 9.84 Å². The summed E-state index contributed by atoms with van der Waals surface area (Å²) in [4.78, 5) is 0.171. The number of aryl methyl sites for hydroxylation is 1. The van der Waals surface area contributed by atoms with Crippen molar-refractivity contribution in [2.75, 3.05) is 6.26 Å². The smallest absolute Gasteiger partial charge is 0.175 e. The van der Waals surface area contributed by atoms with Crippen LogP contribution < -0.4 is 5.73 Å². The van der Waals surface area contributed by atoms with Gasteiger partial charge in [0, 0.05) is 12.3 Å². The molecule has 0 aliphatic heterocycles. The normalized spacial score (nSPS) is 13.8. The van der Waals surface area contributed by atoms with E-state index < -0.39 is 15.7 Å². The fourth-order valence-electron chi connectivity index (χ4n) is 1.60. The van der Waals surface area contributed by atoms with Crippen LogP contribution >= 0.6 is 0 Å². The first-order valence-corrected chi connectivity index (χ1v) is 6.85. The summed E-state index contributed by atoms with van der Waals surface area (Å²) in [6.07, 6.45) is 1.44. The first-order chi connectivity index (χ1) is 7.21. The quantitative estimate of drug-likeness (QED) is 0.819. The molecule has 0 saturated heterocycles. The topological polar surface area (TPSA) is 60.2 Å². The van der Waals surface area contributed by atoms with Gasteiger partial charge < -0.3 is 5.73 Å². The summed E-state index contributed by atoms with van der Waals surface area (Å²) in [6.45, 7) is 3.33. The van der Waals surface area contributed by atoms with Crippen LogP contribution in [0.15, 0.2) is 17.0 Å². The summed E-state index contributed by atoms with van der Waals surface area (Å²) in [5.41, 5.74) is 6.35. The molecular formula is C11H16FNO2S. The van der Waals surface area contributed by atoms with Crippen LogP contribution in [0.3, 0.4) is 0 Å². The minimum Gasteiger partial charge on any atom is -0.328 e. The van der Waals surface area contributed by atoms with E-state index in [9.17, 15) is 12.8 Å². The van der Waals surface area contributed by atoms with E-state index in [1.807, 2.05) is 0 Å². The molecule has 0 heterocycles. The Bertz CT molecular complexity index is 495. The average molecular weight is 245 g/mol. The van der Waals surface area contributed by atoms with Crippen molar-refractivity contribution in [3.8, 4) is 0 Å². The zero-order valence-electron chi connectivity index (χ0n) is 9.62. The zero-order valence-corrected chi connectivity index (χ0v) is 10.4. The molecule has 3 nitrogen and oxygen atoms in total. The van der Waals surface area contributed by atoms with Gasteiger partial charge in [0.15, 0.2) is 9.84 Å². The molecule has 1 rings (SSSR count). The standard InChI is InChI=1S/C11H16FNO2S/c1-7-4-10(12)9(5-8(2)13)6-11(7)16(3,14)15/h4,6,8H,5,13H2,1-3H3. The van der Waals surface area contributed by atoms with Crippen LogP contribution in [0.1, 0.15) is 18.1 Å². The Morgan fingerprint density at radius 2 is 2.00 bits per heavy atom. The number of halogens is 1. The van der Waals surface area contributed by atoms with Gasteiger partial charge in [-0.3, -0.25) is 0 Å². The lowest BCUT2D eigenvalue weighted by Crippen LogP contribution is -2.19. The van der Waals surface area contributed by atoms with Crippen molar-refractivity contribution in [1.29, 1.82) is 0 Å². The third-order valence-electron chi connectivity index (χ3n) is 2.29. The van der Waals surface area contributed by atoms with Gasteiger partial charge in [0.05, 0.1) is 4.90 Å². The Hall–Kier alpha value is -0.940. The summed E-state index contributed by atoms with van der Waals surface area (Å²) in [5, 5.41) is 0. The number of benzene rings is 1. The Morgan fingerprint density at radius 3 is 2.44 bits per heavy atom. The molecule has 0 radical (unpaired) electrons. The number of sulfone groups is 1. The summed E-state index contributed by atoms with van der Waals surface area (Å²) < 4.78 is 36.4. The molecule has 5 heteroatoms. The van der Waals surface area contributed by atoms with E-state index in [2.05, 4.69) is 0 Å². The van der Waals surface area contributed by atoms with Gasteiger partial charge in [-0.25, -0.2) is 12.8 Å². The van der Waals surface area contributed by atoms with E-state index in [0.29, 0.717) is 17.5 Å². The molecule has 0 fully saturated rings. The molecule has 0 saturated carbocycles. The van der Waals surface area contributed by atoms with Crippen LogP contribution in [0.2, 0.25) is 0 Å². The van der Waals surface area contributed by atoms with Crippen molar-refractivity contribution in [2.45, 2.75) is 31.2 Å². The van der Waals surface area contributed by atoms with Crippen molar-refractivity contribution in [1.82, 2.24) is 0 Å². The summed E-state index contributed by atoms with van der Waals surface area (Å²) in [7, 11) is -3.32. The third-order valence-corrected chi connectivity index (χ3v) is 3.52. The molecular weight excluding hydrogens is 229 g/mol. The molecule has 0 aliphatic rings. The van der Waals surface area contributed by atoms with Gasteiger partial charge in [0.2, 0.25) is 0 Å². The first kappa shape index (κ1) is 13.1. The minimum absolute atomic E-state index is 0.171. The monoisotopic (exact) mass is 245 g/mol. The maximum atomic E-state index is 13.5. The van der Waals surface area contributed by atoms with E-state index >= 15 is 0 Å². The predicted octanol–water partition coefficient (Wildman–Crippen LogP) is 1.43. The highest BCUT2D eigenvalue weighted by atomic mass is 32.2. The molecule has 1 atom stereocenters. The highest BCUT2D eigenvalue weighted by Crippen LogP contribution is 2.20. The molecule has 1 aromatic rings. The molecule has 2 N–H and O–H groups in total. The van der Waals surface area contributed by atoms with Crippen LogP contribution in [-0.4, -0.2) is 20.7 Å². The number of nitrogens with two attached hydrogens (primary N) is 1. The summed E-state index contributed by atoms with van der Waals surface area (Å²) >= 11 is 0. The Balaban J connectivity index is 3.33. The molecule has 90 valence electrons. The van der Waals surface area contributed by atoms with Crippen LogP contribution in [0.5, 0.6) is 0 Å². The summed E-state index contributed by atoms with van der Waals surface area (Å²) in [5.74, 6) is -0.401. The lowest BCUT2D eigenvalue weighted by Gasteiger charge is -2.10. The highest BCUT2D eigenvalue weighted by Gasteiger charge is 2.15. The van der Waals surface area contributed by atoms with Crippen LogP contribution in [0, 0.1) is 12.7 Å². The van der Waals surface area contributed by atoms with E-state index in [1.165, 1.54) is 12.1 Å². The van der Waals surface area contributed by atoms with Gasteiger partial charge in [0.1, 0.15) is 5.82 Å². The number of rotatable bonds is 3. The molecule has 0 bridgehead atoms. The second kappa shape index (κ2) is 4.51. The zero-order chi connectivity index (χ0) is 12.5. The van der Waals surface area contributed by atoms with Gasteiger partial charge in [-0.15, -0.1) is 0 Å². The van der Waals surface area contributed by atoms with Gasteiger partial charge in [-0.2, -0.15) is 0 Å². The number of hydrogen-bond donors (Lipinski definition) is 1. The lowest BCUT2D eigenvalue weighted by atomic mass is 10.1. The molecule has 1 aromatic carbocycles. The van der Waals surface area contributed by atoms with Gasteiger partial charge in [0.25, 0.3) is 0 Å². The highest BCUT2D eigenvalue weighted by molar-refractivity contribution is 7.90. The van der Waals surface area contributed by atoms with E-state index in [0.717, 1.165) is 6.26 Å². The minimum atomic E-state index is -3.32. The van der Waals surface area contributed by atoms with Gasteiger partial charge in [-0.05, 0) is 43.5 Å². The van der Waals surface area contributed by atoms with Crippen LogP contribution in [0.4, 0.5) is 4.39 Å². The fourth-order valence-corrected chi connectivity index (χ4v) is 2.60. The third kappa shape index (κ3) is 3.02. The van der Waals surface area contributed by atoms with Crippen LogP contribution in [-0.2, 0) is 16.3 Å². The second-order valence-corrected chi connectivity index (χ2v) is 6.15. The SMILES string of the molecule is Cc1cc(F)c(CC(C)N)cc1S(C)(=O)=O. The van der Waals surface area contributed by atoms with Crippen LogP contribution in [0.25, 0.3) is 0 Å². The largest absolute Gasteiger partial charge is 0.328 e. The molecule has 0 aromatic heterocycles. The fraction of sp³-hybridized carbons (Fsp3) is 0.455. The molecule has 0 aliphatic carbocycles. The first-order valence-electron chi connectivity index (χ1n) is 4.96. The van der Waals surface area contributed by atoms with Gasteiger partial charge >= 0.3 is 0 Å². The van der Waals surface area contributed by atoms with Crippen molar-refractivity contribution < 1.29 is 12.8 Å². The number of hydrogen-bond acceptors (Lipinski definition) is 3.